The number of fused-ring (bicyclic) bond motifs is 1. The molecule has 0 bridgehead atoms. The summed E-state index contributed by atoms with van der Waals surface area (Å²) in [6.45, 7) is 3.06. The van der Waals surface area contributed by atoms with Crippen molar-refractivity contribution in [1.29, 1.82) is 0 Å². The van der Waals surface area contributed by atoms with Gasteiger partial charge in [-0.15, -0.1) is 0 Å². The van der Waals surface area contributed by atoms with Gasteiger partial charge in [0.2, 0.25) is 11.7 Å². The quantitative estimate of drug-likeness (QED) is 0.740. The lowest BCUT2D eigenvalue weighted by Crippen LogP contribution is -2.24. The van der Waals surface area contributed by atoms with Crippen LogP contribution in [0.2, 0.25) is 0 Å². The number of hydrogen-bond donors (Lipinski definition) is 2. The number of aromatic nitrogens is 5. The second-order valence-electron chi connectivity index (χ2n) is 6.11. The van der Waals surface area contributed by atoms with Crippen LogP contribution in [0.1, 0.15) is 47.4 Å². The van der Waals surface area contributed by atoms with Gasteiger partial charge in [-0.3, -0.25) is 9.89 Å². The van der Waals surface area contributed by atoms with Crippen molar-refractivity contribution < 1.29 is 9.32 Å². The third-order valence-corrected chi connectivity index (χ3v) is 4.54. The van der Waals surface area contributed by atoms with E-state index in [9.17, 15) is 4.79 Å². The molecule has 8 nitrogen and oxygen atoms in total. The van der Waals surface area contributed by atoms with Gasteiger partial charge >= 0.3 is 0 Å². The maximum atomic E-state index is 12.4. The van der Waals surface area contributed by atoms with E-state index in [4.69, 9.17) is 4.52 Å². The van der Waals surface area contributed by atoms with Gasteiger partial charge in [-0.2, -0.15) is 10.1 Å². The molecule has 0 fully saturated rings. The van der Waals surface area contributed by atoms with Crippen LogP contribution in [0.4, 0.5) is 0 Å². The highest BCUT2D eigenvalue weighted by Gasteiger charge is 2.22. The molecule has 3 heterocycles. The molecule has 3 aromatic rings. The van der Waals surface area contributed by atoms with Crippen molar-refractivity contribution >= 4 is 5.91 Å². The zero-order valence-corrected chi connectivity index (χ0v) is 14.1. The van der Waals surface area contributed by atoms with Crippen molar-refractivity contribution in [3.05, 3.63) is 41.2 Å². The van der Waals surface area contributed by atoms with Crippen LogP contribution in [0, 0.1) is 0 Å². The average molecular weight is 340 g/mol. The highest BCUT2D eigenvalue weighted by Crippen LogP contribution is 2.22. The number of carbonyl (C=O) groups excluding carboxylic acids is 1. The van der Waals surface area contributed by atoms with Crippen LogP contribution in [0.3, 0.4) is 0 Å². The first kappa shape index (κ1) is 15.6. The summed E-state index contributed by atoms with van der Waals surface area (Å²) in [5.74, 6) is 0.681. The summed E-state index contributed by atoms with van der Waals surface area (Å²) in [5, 5.41) is 14.0. The molecule has 0 radical (unpaired) electrons. The minimum atomic E-state index is -0.212. The Labute approximate surface area is 144 Å². The highest BCUT2D eigenvalue weighted by atomic mass is 16.5. The second kappa shape index (κ2) is 6.54. The smallest absolute Gasteiger partial charge is 0.272 e. The molecule has 0 unspecified atom stereocenters. The van der Waals surface area contributed by atoms with Crippen molar-refractivity contribution in [3.8, 4) is 11.5 Å². The standard InChI is InChI=1S/C17H20N6O2/c1-2-23-9-5-8-13(23)16-19-14(25-22-16)10-18-17(24)15-11-6-3-4-7-12(11)20-21-15/h5,8-9H,2-4,6-7,10H2,1H3,(H,18,24)(H,20,21). The molecule has 1 amide bonds. The van der Waals surface area contributed by atoms with E-state index < -0.39 is 0 Å². The Hall–Kier alpha value is -2.90. The normalized spacial score (nSPS) is 13.6. The van der Waals surface area contributed by atoms with Crippen LogP contribution in [-0.4, -0.2) is 30.8 Å². The van der Waals surface area contributed by atoms with E-state index in [2.05, 4.69) is 32.6 Å². The summed E-state index contributed by atoms with van der Waals surface area (Å²) in [6.07, 6.45) is 6.05. The van der Waals surface area contributed by atoms with E-state index in [0.29, 0.717) is 17.4 Å². The Kier molecular flexibility index (Phi) is 4.09. The van der Waals surface area contributed by atoms with E-state index in [0.717, 1.165) is 49.2 Å². The van der Waals surface area contributed by atoms with E-state index in [1.165, 1.54) is 0 Å². The lowest BCUT2D eigenvalue weighted by atomic mass is 9.96. The molecule has 25 heavy (non-hydrogen) atoms. The second-order valence-corrected chi connectivity index (χ2v) is 6.11. The Balaban J connectivity index is 1.44. The fourth-order valence-corrected chi connectivity index (χ4v) is 3.23. The number of H-pyrrole nitrogens is 1. The predicted molar refractivity (Wildman–Crippen MR) is 89.8 cm³/mol. The molecule has 0 aromatic carbocycles. The lowest BCUT2D eigenvalue weighted by Gasteiger charge is -2.10. The number of aryl methyl sites for hydroxylation is 2. The Morgan fingerprint density at radius 1 is 1.40 bits per heavy atom. The number of nitrogens with one attached hydrogen (secondary N) is 2. The van der Waals surface area contributed by atoms with Crippen LogP contribution >= 0.6 is 0 Å². The van der Waals surface area contributed by atoms with Crippen molar-refractivity contribution in [3.63, 3.8) is 0 Å². The van der Waals surface area contributed by atoms with Crippen LogP contribution in [0.25, 0.3) is 11.5 Å². The topological polar surface area (TPSA) is 102 Å². The third-order valence-electron chi connectivity index (χ3n) is 4.54. The lowest BCUT2D eigenvalue weighted by molar-refractivity contribution is 0.0940. The van der Waals surface area contributed by atoms with Crippen LogP contribution in [0.15, 0.2) is 22.9 Å². The van der Waals surface area contributed by atoms with E-state index in [1.54, 1.807) is 0 Å². The van der Waals surface area contributed by atoms with Gasteiger partial charge in [0.1, 0.15) is 0 Å². The van der Waals surface area contributed by atoms with Crippen molar-refractivity contribution in [2.45, 2.75) is 45.7 Å². The number of hydrogen-bond acceptors (Lipinski definition) is 5. The summed E-state index contributed by atoms with van der Waals surface area (Å²) in [7, 11) is 0. The summed E-state index contributed by atoms with van der Waals surface area (Å²) >= 11 is 0. The predicted octanol–water partition coefficient (Wildman–Crippen LogP) is 2.09. The summed E-state index contributed by atoms with van der Waals surface area (Å²) in [5.41, 5.74) is 3.49. The molecule has 1 aliphatic carbocycles. The molecule has 0 saturated heterocycles. The van der Waals surface area contributed by atoms with Gasteiger partial charge in [-0.1, -0.05) is 5.16 Å². The van der Waals surface area contributed by atoms with Gasteiger partial charge in [0.15, 0.2) is 5.69 Å². The highest BCUT2D eigenvalue weighted by molar-refractivity contribution is 5.93. The molecule has 0 atom stereocenters. The molecule has 8 heteroatoms. The van der Waals surface area contributed by atoms with Crippen molar-refractivity contribution in [1.82, 2.24) is 30.2 Å². The van der Waals surface area contributed by atoms with Gasteiger partial charge in [0.05, 0.1) is 12.2 Å². The summed E-state index contributed by atoms with van der Waals surface area (Å²) < 4.78 is 7.28. The van der Waals surface area contributed by atoms with Crippen LogP contribution < -0.4 is 5.32 Å². The van der Waals surface area contributed by atoms with Gasteiger partial charge in [0.25, 0.3) is 5.91 Å². The molecule has 3 aromatic heterocycles. The van der Waals surface area contributed by atoms with Gasteiger partial charge in [-0.05, 0) is 44.7 Å². The monoisotopic (exact) mass is 340 g/mol. The van der Waals surface area contributed by atoms with Gasteiger partial charge in [0, 0.05) is 24.0 Å². The fraction of sp³-hybridized carbons (Fsp3) is 0.412. The summed E-state index contributed by atoms with van der Waals surface area (Å²) in [4.78, 5) is 16.8. The maximum Gasteiger partial charge on any atom is 0.272 e. The third kappa shape index (κ3) is 2.95. The number of aromatic amines is 1. The Bertz CT molecular complexity index is 891. The molecule has 0 aliphatic heterocycles. The fourth-order valence-electron chi connectivity index (χ4n) is 3.23. The van der Waals surface area contributed by atoms with Crippen LogP contribution in [-0.2, 0) is 25.9 Å². The molecule has 1 aliphatic rings. The number of rotatable bonds is 5. The molecular weight excluding hydrogens is 320 g/mol. The first-order valence-corrected chi connectivity index (χ1v) is 8.58. The molecule has 130 valence electrons. The Morgan fingerprint density at radius 2 is 2.28 bits per heavy atom. The van der Waals surface area contributed by atoms with Crippen molar-refractivity contribution in [2.24, 2.45) is 0 Å². The van der Waals surface area contributed by atoms with Crippen molar-refractivity contribution in [2.75, 3.05) is 0 Å². The number of nitrogens with zero attached hydrogens (tertiary/aromatic N) is 4. The SMILES string of the molecule is CCn1cccc1-c1noc(CNC(=O)c2n[nH]c3c2CCCC3)n1. The summed E-state index contributed by atoms with van der Waals surface area (Å²) in [6, 6.07) is 3.88. The van der Waals surface area contributed by atoms with Gasteiger partial charge < -0.3 is 14.4 Å². The minimum absolute atomic E-state index is 0.181. The molecule has 4 rings (SSSR count). The van der Waals surface area contributed by atoms with E-state index >= 15 is 0 Å². The van der Waals surface area contributed by atoms with E-state index in [-0.39, 0.29) is 12.5 Å². The first-order valence-electron chi connectivity index (χ1n) is 8.58. The largest absolute Gasteiger partial charge is 0.345 e. The number of carbonyl (C=O) groups is 1. The van der Waals surface area contributed by atoms with Gasteiger partial charge in [-0.25, -0.2) is 0 Å². The van der Waals surface area contributed by atoms with Crippen LogP contribution in [0.5, 0.6) is 0 Å². The molecule has 0 spiro atoms. The Morgan fingerprint density at radius 3 is 3.16 bits per heavy atom. The minimum Gasteiger partial charge on any atom is -0.345 e. The molecule has 2 N–H and O–H groups in total. The first-order chi connectivity index (χ1) is 12.3. The zero-order chi connectivity index (χ0) is 17.2. The maximum absolute atomic E-state index is 12.4. The van der Waals surface area contributed by atoms with E-state index in [1.807, 2.05) is 22.9 Å². The average Bonchev–Trinajstić information content (AvgIpc) is 3.37. The molecule has 0 saturated carbocycles. The molecular formula is C17H20N6O2. The number of amides is 1. The zero-order valence-electron chi connectivity index (χ0n) is 14.1.